The number of thioether (sulfide) groups is 1. The summed E-state index contributed by atoms with van der Waals surface area (Å²) < 4.78 is 0. The first-order valence-corrected chi connectivity index (χ1v) is 9.17. The molecule has 1 fully saturated rings. The van der Waals surface area contributed by atoms with E-state index in [0.717, 1.165) is 23.7 Å². The minimum Gasteiger partial charge on any atom is -0.340 e. The first kappa shape index (κ1) is 17.8. The fourth-order valence-electron chi connectivity index (χ4n) is 2.60. The number of anilines is 1. The number of nitrogens with zero attached hydrogens (tertiary/aromatic N) is 2. The van der Waals surface area contributed by atoms with Gasteiger partial charge < -0.3 is 10.2 Å². The molecule has 0 spiro atoms. The normalized spacial score (nSPS) is 15.7. The van der Waals surface area contributed by atoms with Gasteiger partial charge in [0.2, 0.25) is 11.8 Å². The molecule has 1 saturated heterocycles. The molecule has 0 radical (unpaired) electrons. The first-order chi connectivity index (χ1) is 11.0. The third kappa shape index (κ3) is 5.25. The fraction of sp³-hybridized carbons (Fsp3) is 0.529. The number of carbonyl (C=O) groups is 2. The van der Waals surface area contributed by atoms with Crippen LogP contribution < -0.4 is 5.32 Å². The average Bonchev–Trinajstić information content (AvgIpc) is 2.54. The van der Waals surface area contributed by atoms with E-state index >= 15 is 0 Å². The van der Waals surface area contributed by atoms with Crippen LogP contribution in [0.1, 0.15) is 13.8 Å². The van der Waals surface area contributed by atoms with E-state index in [9.17, 15) is 9.59 Å². The van der Waals surface area contributed by atoms with Crippen molar-refractivity contribution in [3.63, 3.8) is 0 Å². The highest BCUT2D eigenvalue weighted by Crippen LogP contribution is 2.19. The number of hydrogen-bond acceptors (Lipinski definition) is 4. The predicted molar refractivity (Wildman–Crippen MR) is 94.7 cm³/mol. The van der Waals surface area contributed by atoms with Crippen molar-refractivity contribution < 1.29 is 9.59 Å². The molecule has 1 heterocycles. The Balaban J connectivity index is 1.79. The van der Waals surface area contributed by atoms with Crippen LogP contribution in [0.5, 0.6) is 0 Å². The van der Waals surface area contributed by atoms with Crippen molar-refractivity contribution in [1.82, 2.24) is 9.80 Å². The van der Waals surface area contributed by atoms with Gasteiger partial charge >= 0.3 is 0 Å². The summed E-state index contributed by atoms with van der Waals surface area (Å²) in [7, 11) is 0. The molecule has 1 aliphatic heterocycles. The van der Waals surface area contributed by atoms with E-state index in [1.165, 1.54) is 0 Å². The summed E-state index contributed by atoms with van der Waals surface area (Å²) in [5.74, 6) is 0.225. The maximum Gasteiger partial charge on any atom is 0.238 e. The second kappa shape index (κ2) is 8.36. The van der Waals surface area contributed by atoms with E-state index < -0.39 is 0 Å². The molecule has 1 aromatic rings. The van der Waals surface area contributed by atoms with Gasteiger partial charge in [-0.2, -0.15) is 0 Å². The van der Waals surface area contributed by atoms with Crippen molar-refractivity contribution in [2.45, 2.75) is 18.7 Å². The van der Waals surface area contributed by atoms with Crippen LogP contribution >= 0.6 is 11.8 Å². The lowest BCUT2D eigenvalue weighted by molar-refractivity contribution is -0.136. The molecule has 0 aliphatic carbocycles. The molecule has 1 N–H and O–H groups in total. The Hall–Kier alpha value is -1.53. The van der Waals surface area contributed by atoms with Gasteiger partial charge in [-0.3, -0.25) is 14.5 Å². The van der Waals surface area contributed by atoms with E-state index in [1.807, 2.05) is 49.3 Å². The van der Waals surface area contributed by atoms with Gasteiger partial charge in [0.05, 0.1) is 6.54 Å². The highest BCUT2D eigenvalue weighted by Gasteiger charge is 2.23. The van der Waals surface area contributed by atoms with E-state index in [2.05, 4.69) is 10.2 Å². The second-order valence-electron chi connectivity index (χ2n) is 6.04. The number of amides is 2. The zero-order valence-electron chi connectivity index (χ0n) is 14.0. The maximum atomic E-state index is 12.2. The van der Waals surface area contributed by atoms with Gasteiger partial charge in [-0.15, -0.1) is 11.8 Å². The minimum absolute atomic E-state index is 0.00751. The number of rotatable bonds is 5. The summed E-state index contributed by atoms with van der Waals surface area (Å²) in [6.07, 6.45) is 2.01. The molecule has 0 atom stereocenters. The number of hydrogen-bond donors (Lipinski definition) is 1. The largest absolute Gasteiger partial charge is 0.340 e. The Morgan fingerprint density at radius 2 is 1.91 bits per heavy atom. The van der Waals surface area contributed by atoms with Gasteiger partial charge in [0, 0.05) is 42.7 Å². The molecule has 5 nitrogen and oxygen atoms in total. The topological polar surface area (TPSA) is 52.7 Å². The van der Waals surface area contributed by atoms with E-state index in [1.54, 1.807) is 11.8 Å². The monoisotopic (exact) mass is 335 g/mol. The molecule has 1 aromatic carbocycles. The quantitative estimate of drug-likeness (QED) is 0.838. The van der Waals surface area contributed by atoms with Crippen molar-refractivity contribution in [1.29, 1.82) is 0 Å². The summed E-state index contributed by atoms with van der Waals surface area (Å²) in [6, 6.07) is 7.84. The highest BCUT2D eigenvalue weighted by molar-refractivity contribution is 7.98. The molecule has 0 unspecified atom stereocenters. The maximum absolute atomic E-state index is 12.2. The molecule has 6 heteroatoms. The van der Waals surface area contributed by atoms with Gasteiger partial charge in [-0.05, 0) is 24.5 Å². The summed E-state index contributed by atoms with van der Waals surface area (Å²) in [5, 5.41) is 2.94. The Morgan fingerprint density at radius 1 is 1.22 bits per heavy atom. The van der Waals surface area contributed by atoms with Crippen molar-refractivity contribution >= 4 is 29.3 Å². The molecule has 23 heavy (non-hydrogen) atoms. The van der Waals surface area contributed by atoms with Crippen LogP contribution in [0.25, 0.3) is 0 Å². The zero-order valence-corrected chi connectivity index (χ0v) is 14.9. The lowest BCUT2D eigenvalue weighted by atomic mass is 10.1. The van der Waals surface area contributed by atoms with Crippen molar-refractivity contribution in [2.75, 3.05) is 44.3 Å². The van der Waals surface area contributed by atoms with E-state index in [0.29, 0.717) is 19.6 Å². The summed E-state index contributed by atoms with van der Waals surface area (Å²) in [6.45, 7) is 7.11. The molecule has 2 rings (SSSR count). The van der Waals surface area contributed by atoms with Crippen LogP contribution in [0.3, 0.4) is 0 Å². The predicted octanol–water partition coefficient (Wildman–Crippen LogP) is 2.15. The lowest BCUT2D eigenvalue weighted by Gasteiger charge is -2.35. The van der Waals surface area contributed by atoms with Gasteiger partial charge in [0.25, 0.3) is 0 Å². The van der Waals surface area contributed by atoms with Crippen LogP contribution in [0.2, 0.25) is 0 Å². The fourth-order valence-corrected chi connectivity index (χ4v) is 3.06. The Kier molecular flexibility index (Phi) is 6.47. The van der Waals surface area contributed by atoms with Gasteiger partial charge in [0.1, 0.15) is 0 Å². The summed E-state index contributed by atoms with van der Waals surface area (Å²) >= 11 is 1.65. The van der Waals surface area contributed by atoms with Crippen LogP contribution in [0.15, 0.2) is 29.2 Å². The molecule has 0 aromatic heterocycles. The number of carbonyl (C=O) groups excluding carboxylic acids is 2. The Labute approximate surface area is 142 Å². The van der Waals surface area contributed by atoms with E-state index in [-0.39, 0.29) is 17.7 Å². The molecular weight excluding hydrogens is 310 g/mol. The Morgan fingerprint density at radius 3 is 2.52 bits per heavy atom. The summed E-state index contributed by atoms with van der Waals surface area (Å²) in [5.41, 5.74) is 0.829. The van der Waals surface area contributed by atoms with Crippen LogP contribution in [0, 0.1) is 5.92 Å². The molecule has 0 bridgehead atoms. The second-order valence-corrected chi connectivity index (χ2v) is 6.92. The van der Waals surface area contributed by atoms with Crippen LogP contribution in [0.4, 0.5) is 5.69 Å². The standard InChI is InChI=1S/C17H25N3O2S/c1-13(2)17(22)20-9-7-19(8-10-20)12-16(21)18-14-5-4-6-15(11-14)23-3/h4-6,11,13H,7-10,12H2,1-3H3,(H,18,21). The van der Waals surface area contributed by atoms with Gasteiger partial charge in [-0.1, -0.05) is 19.9 Å². The molecular formula is C17H25N3O2S. The third-order valence-electron chi connectivity index (χ3n) is 3.90. The average molecular weight is 335 g/mol. The Bertz CT molecular complexity index is 555. The van der Waals surface area contributed by atoms with Crippen molar-refractivity contribution in [2.24, 2.45) is 5.92 Å². The molecule has 0 saturated carbocycles. The van der Waals surface area contributed by atoms with Gasteiger partial charge in [0.15, 0.2) is 0 Å². The molecule has 2 amide bonds. The van der Waals surface area contributed by atoms with Crippen LogP contribution in [-0.4, -0.2) is 60.6 Å². The first-order valence-electron chi connectivity index (χ1n) is 7.94. The zero-order chi connectivity index (χ0) is 16.8. The van der Waals surface area contributed by atoms with Gasteiger partial charge in [-0.25, -0.2) is 0 Å². The minimum atomic E-state index is -0.00751. The smallest absolute Gasteiger partial charge is 0.238 e. The molecule has 126 valence electrons. The van der Waals surface area contributed by atoms with E-state index in [4.69, 9.17) is 0 Å². The summed E-state index contributed by atoms with van der Waals surface area (Å²) in [4.78, 5) is 29.2. The lowest BCUT2D eigenvalue weighted by Crippen LogP contribution is -2.51. The van der Waals surface area contributed by atoms with Crippen molar-refractivity contribution in [3.8, 4) is 0 Å². The number of benzene rings is 1. The SMILES string of the molecule is CSc1cccc(NC(=O)CN2CCN(C(=O)C(C)C)CC2)c1. The van der Waals surface area contributed by atoms with Crippen LogP contribution in [-0.2, 0) is 9.59 Å². The third-order valence-corrected chi connectivity index (χ3v) is 4.62. The number of nitrogens with one attached hydrogen (secondary N) is 1. The number of piperazine rings is 1. The molecule has 1 aliphatic rings. The highest BCUT2D eigenvalue weighted by atomic mass is 32.2. The van der Waals surface area contributed by atoms with Crippen molar-refractivity contribution in [3.05, 3.63) is 24.3 Å².